The number of rotatable bonds is 5. The zero-order chi connectivity index (χ0) is 14.5. The van der Waals surface area contributed by atoms with Crippen LogP contribution in [0.5, 0.6) is 17.2 Å². The Morgan fingerprint density at radius 3 is 2.35 bits per heavy atom. The molecule has 1 atom stereocenters. The van der Waals surface area contributed by atoms with Crippen LogP contribution in [0, 0.1) is 0 Å². The molecule has 0 radical (unpaired) electrons. The average molecular weight is 336 g/mol. The zero-order valence-electron chi connectivity index (χ0n) is 11.6. The van der Waals surface area contributed by atoms with Gasteiger partial charge in [-0.1, -0.05) is 22.0 Å². The molecule has 0 aliphatic rings. The molecule has 2 aromatic rings. The highest BCUT2D eigenvalue weighted by Gasteiger charge is 2.09. The highest BCUT2D eigenvalue weighted by molar-refractivity contribution is 9.10. The molecule has 1 unspecified atom stereocenters. The normalized spacial score (nSPS) is 12.0. The molecule has 2 aromatic carbocycles. The quantitative estimate of drug-likeness (QED) is 0.864. The van der Waals surface area contributed by atoms with E-state index in [-0.39, 0.29) is 6.04 Å². The fourth-order valence-corrected chi connectivity index (χ4v) is 2.21. The van der Waals surface area contributed by atoms with Crippen LogP contribution in [0.15, 0.2) is 46.9 Å². The van der Waals surface area contributed by atoms with Gasteiger partial charge in [0.05, 0.1) is 6.61 Å². The van der Waals surface area contributed by atoms with Crippen LogP contribution in [0.1, 0.15) is 25.5 Å². The zero-order valence-corrected chi connectivity index (χ0v) is 13.2. The van der Waals surface area contributed by atoms with Crippen molar-refractivity contribution < 1.29 is 9.47 Å². The lowest BCUT2D eigenvalue weighted by Gasteiger charge is -2.14. The Morgan fingerprint density at radius 2 is 1.75 bits per heavy atom. The molecule has 4 heteroatoms. The highest BCUT2D eigenvalue weighted by Crippen LogP contribution is 2.32. The number of hydrogen-bond donors (Lipinski definition) is 1. The molecule has 3 nitrogen and oxygen atoms in total. The molecule has 0 bridgehead atoms. The lowest BCUT2D eigenvalue weighted by Crippen LogP contribution is -2.06. The first kappa shape index (κ1) is 14.9. The lowest BCUT2D eigenvalue weighted by molar-refractivity contribution is 0.339. The predicted molar refractivity (Wildman–Crippen MR) is 84.4 cm³/mol. The smallest absolute Gasteiger partial charge is 0.133 e. The van der Waals surface area contributed by atoms with Crippen LogP contribution in [0.25, 0.3) is 0 Å². The molecule has 2 rings (SSSR count). The highest BCUT2D eigenvalue weighted by atomic mass is 79.9. The van der Waals surface area contributed by atoms with Crippen molar-refractivity contribution in [2.24, 2.45) is 5.73 Å². The summed E-state index contributed by atoms with van der Waals surface area (Å²) in [6, 6.07) is 13.3. The first-order chi connectivity index (χ1) is 9.60. The minimum atomic E-state index is -0.0826. The summed E-state index contributed by atoms with van der Waals surface area (Å²) in [7, 11) is 0. The topological polar surface area (TPSA) is 44.5 Å². The minimum Gasteiger partial charge on any atom is -0.494 e. The largest absolute Gasteiger partial charge is 0.494 e. The van der Waals surface area contributed by atoms with Crippen LogP contribution in [-0.4, -0.2) is 6.61 Å². The second-order valence-corrected chi connectivity index (χ2v) is 5.39. The Labute approximate surface area is 127 Å². The van der Waals surface area contributed by atoms with Crippen molar-refractivity contribution in [1.82, 2.24) is 0 Å². The summed E-state index contributed by atoms with van der Waals surface area (Å²) in [5, 5.41) is 0. The van der Waals surface area contributed by atoms with Crippen molar-refractivity contribution in [1.29, 1.82) is 0 Å². The standard InChI is InChI=1S/C16H18BrNO2/c1-3-19-13-5-7-14(8-6-13)20-16-10-12(17)4-9-15(16)11(2)18/h4-11H,3,18H2,1-2H3. The second-order valence-electron chi connectivity index (χ2n) is 4.48. The van der Waals surface area contributed by atoms with Crippen LogP contribution in [0.4, 0.5) is 0 Å². The summed E-state index contributed by atoms with van der Waals surface area (Å²) in [5.41, 5.74) is 6.94. The third-order valence-corrected chi connectivity index (χ3v) is 3.32. The van der Waals surface area contributed by atoms with E-state index in [2.05, 4.69) is 15.9 Å². The predicted octanol–water partition coefficient (Wildman–Crippen LogP) is 4.66. The van der Waals surface area contributed by atoms with E-state index in [1.165, 1.54) is 0 Å². The van der Waals surface area contributed by atoms with E-state index in [0.29, 0.717) is 6.61 Å². The molecule has 0 amide bonds. The molecule has 0 saturated carbocycles. The monoisotopic (exact) mass is 335 g/mol. The molecule has 0 fully saturated rings. The summed E-state index contributed by atoms with van der Waals surface area (Å²) in [6.45, 7) is 4.55. The molecule has 0 aliphatic carbocycles. The molecule has 20 heavy (non-hydrogen) atoms. The van der Waals surface area contributed by atoms with Gasteiger partial charge in [0, 0.05) is 16.1 Å². The van der Waals surface area contributed by atoms with E-state index in [1.807, 2.05) is 56.3 Å². The van der Waals surface area contributed by atoms with Crippen LogP contribution in [0.2, 0.25) is 0 Å². The summed E-state index contributed by atoms with van der Waals surface area (Å²) in [6.07, 6.45) is 0. The van der Waals surface area contributed by atoms with Crippen molar-refractivity contribution in [2.75, 3.05) is 6.61 Å². The fraction of sp³-hybridized carbons (Fsp3) is 0.250. The molecule has 0 heterocycles. The van der Waals surface area contributed by atoms with Crippen molar-refractivity contribution in [3.8, 4) is 17.2 Å². The van der Waals surface area contributed by atoms with Gasteiger partial charge in [0.25, 0.3) is 0 Å². The van der Waals surface area contributed by atoms with Gasteiger partial charge in [0.2, 0.25) is 0 Å². The van der Waals surface area contributed by atoms with Crippen molar-refractivity contribution in [2.45, 2.75) is 19.9 Å². The molecular formula is C16H18BrNO2. The first-order valence-corrected chi connectivity index (χ1v) is 7.35. The number of ether oxygens (including phenoxy) is 2. The Hall–Kier alpha value is -1.52. The maximum absolute atomic E-state index is 5.97. The second kappa shape index (κ2) is 6.77. The molecule has 0 spiro atoms. The van der Waals surface area contributed by atoms with Gasteiger partial charge >= 0.3 is 0 Å². The summed E-state index contributed by atoms with van der Waals surface area (Å²) in [4.78, 5) is 0. The van der Waals surface area contributed by atoms with Gasteiger partial charge in [0.15, 0.2) is 0 Å². The number of benzene rings is 2. The fourth-order valence-electron chi connectivity index (χ4n) is 1.87. The maximum atomic E-state index is 5.97. The van der Waals surface area contributed by atoms with Gasteiger partial charge in [-0.05, 0) is 50.2 Å². The van der Waals surface area contributed by atoms with E-state index < -0.39 is 0 Å². The Morgan fingerprint density at radius 1 is 1.10 bits per heavy atom. The summed E-state index contributed by atoms with van der Waals surface area (Å²) in [5.74, 6) is 2.36. The third-order valence-electron chi connectivity index (χ3n) is 2.83. The van der Waals surface area contributed by atoms with Crippen LogP contribution in [-0.2, 0) is 0 Å². The third kappa shape index (κ3) is 3.74. The molecule has 2 N–H and O–H groups in total. The van der Waals surface area contributed by atoms with Crippen molar-refractivity contribution in [3.05, 3.63) is 52.5 Å². The van der Waals surface area contributed by atoms with Gasteiger partial charge < -0.3 is 15.2 Å². The van der Waals surface area contributed by atoms with Crippen molar-refractivity contribution >= 4 is 15.9 Å². The van der Waals surface area contributed by atoms with Gasteiger partial charge in [-0.25, -0.2) is 0 Å². The molecule has 0 aromatic heterocycles. The van der Waals surface area contributed by atoms with Crippen LogP contribution < -0.4 is 15.2 Å². The van der Waals surface area contributed by atoms with Crippen molar-refractivity contribution in [3.63, 3.8) is 0 Å². The molecule has 0 aliphatic heterocycles. The van der Waals surface area contributed by atoms with Gasteiger partial charge in [-0.15, -0.1) is 0 Å². The lowest BCUT2D eigenvalue weighted by atomic mass is 10.1. The van der Waals surface area contributed by atoms with Crippen LogP contribution in [0.3, 0.4) is 0 Å². The van der Waals surface area contributed by atoms with Crippen LogP contribution >= 0.6 is 15.9 Å². The van der Waals surface area contributed by atoms with Gasteiger partial charge in [0.1, 0.15) is 17.2 Å². The number of hydrogen-bond acceptors (Lipinski definition) is 3. The number of nitrogens with two attached hydrogens (primary N) is 1. The first-order valence-electron chi connectivity index (χ1n) is 6.56. The summed E-state index contributed by atoms with van der Waals surface area (Å²) >= 11 is 3.45. The van der Waals surface area contributed by atoms with Gasteiger partial charge in [-0.3, -0.25) is 0 Å². The average Bonchev–Trinajstić information content (AvgIpc) is 2.41. The van der Waals surface area contributed by atoms with E-state index >= 15 is 0 Å². The Kier molecular flexibility index (Phi) is 5.04. The number of halogens is 1. The molecule has 106 valence electrons. The van der Waals surface area contributed by atoms with E-state index in [1.54, 1.807) is 0 Å². The maximum Gasteiger partial charge on any atom is 0.133 e. The Bertz CT molecular complexity index is 567. The van der Waals surface area contributed by atoms with Gasteiger partial charge in [-0.2, -0.15) is 0 Å². The SMILES string of the molecule is CCOc1ccc(Oc2cc(Br)ccc2C(C)N)cc1. The molecule has 0 saturated heterocycles. The molecular weight excluding hydrogens is 318 g/mol. The van der Waals surface area contributed by atoms with E-state index in [0.717, 1.165) is 27.3 Å². The summed E-state index contributed by atoms with van der Waals surface area (Å²) < 4.78 is 12.3. The minimum absolute atomic E-state index is 0.0826. The Balaban J connectivity index is 2.22. The van der Waals surface area contributed by atoms with E-state index in [9.17, 15) is 0 Å². The van der Waals surface area contributed by atoms with E-state index in [4.69, 9.17) is 15.2 Å².